The molecular formula is C17H22O10. The lowest BCUT2D eigenvalue weighted by molar-refractivity contribution is -0.277. The average Bonchev–Trinajstić information content (AvgIpc) is 2.66. The molecule has 1 saturated heterocycles. The van der Waals surface area contributed by atoms with E-state index in [0.29, 0.717) is 5.56 Å². The van der Waals surface area contributed by atoms with Crippen LogP contribution in [0.1, 0.15) is 5.56 Å². The van der Waals surface area contributed by atoms with E-state index in [4.69, 9.17) is 24.1 Å². The third-order valence-corrected chi connectivity index (χ3v) is 3.98. The van der Waals surface area contributed by atoms with Gasteiger partial charge in [0.1, 0.15) is 24.4 Å². The number of carbonyl (C=O) groups is 1. The Balaban J connectivity index is 2.35. The molecule has 1 aromatic carbocycles. The van der Waals surface area contributed by atoms with E-state index in [-0.39, 0.29) is 17.2 Å². The van der Waals surface area contributed by atoms with Crippen LogP contribution in [-0.2, 0) is 9.53 Å². The zero-order chi connectivity index (χ0) is 20.1. The Morgan fingerprint density at radius 1 is 1.11 bits per heavy atom. The molecular weight excluding hydrogens is 364 g/mol. The second kappa shape index (κ2) is 9.02. The van der Waals surface area contributed by atoms with Gasteiger partial charge in [-0.05, 0) is 23.8 Å². The fourth-order valence-corrected chi connectivity index (χ4v) is 2.56. The summed E-state index contributed by atoms with van der Waals surface area (Å²) >= 11 is 0. The summed E-state index contributed by atoms with van der Waals surface area (Å²) < 4.78 is 21.4. The average molecular weight is 386 g/mol. The molecule has 0 amide bonds. The van der Waals surface area contributed by atoms with E-state index >= 15 is 0 Å². The van der Waals surface area contributed by atoms with Crippen molar-refractivity contribution in [3.8, 4) is 17.2 Å². The van der Waals surface area contributed by atoms with E-state index in [2.05, 4.69) is 0 Å². The van der Waals surface area contributed by atoms with E-state index in [1.165, 1.54) is 32.4 Å². The highest BCUT2D eigenvalue weighted by molar-refractivity contribution is 5.85. The number of hydrogen-bond acceptors (Lipinski definition) is 9. The molecule has 10 heteroatoms. The van der Waals surface area contributed by atoms with Gasteiger partial charge in [-0.2, -0.15) is 0 Å². The van der Waals surface area contributed by atoms with Crippen molar-refractivity contribution < 1.29 is 49.3 Å². The minimum absolute atomic E-state index is 0.0248. The zero-order valence-electron chi connectivity index (χ0n) is 14.7. The van der Waals surface area contributed by atoms with Gasteiger partial charge in [0.05, 0.1) is 20.8 Å². The molecule has 27 heavy (non-hydrogen) atoms. The molecule has 0 aliphatic carbocycles. The van der Waals surface area contributed by atoms with E-state index in [1.807, 2.05) is 0 Å². The largest absolute Gasteiger partial charge is 0.493 e. The van der Waals surface area contributed by atoms with Crippen molar-refractivity contribution in [1.29, 1.82) is 0 Å². The van der Waals surface area contributed by atoms with Crippen LogP contribution >= 0.6 is 0 Å². The van der Waals surface area contributed by atoms with E-state index in [9.17, 15) is 25.2 Å². The topological polar surface area (TPSA) is 155 Å². The fraction of sp³-hybridized carbons (Fsp3) is 0.471. The van der Waals surface area contributed by atoms with Gasteiger partial charge >= 0.3 is 5.97 Å². The summed E-state index contributed by atoms with van der Waals surface area (Å²) in [7, 11) is 2.69. The number of rotatable bonds is 7. The van der Waals surface area contributed by atoms with Gasteiger partial charge in [0.15, 0.2) is 11.5 Å². The lowest BCUT2D eigenvalue weighted by atomic mass is 9.99. The molecule has 0 unspecified atom stereocenters. The summed E-state index contributed by atoms with van der Waals surface area (Å²) in [4.78, 5) is 10.7. The Kier molecular flexibility index (Phi) is 6.99. The van der Waals surface area contributed by atoms with Crippen molar-refractivity contribution in [3.05, 3.63) is 23.8 Å². The number of benzene rings is 1. The third kappa shape index (κ3) is 4.67. The van der Waals surface area contributed by atoms with Crippen LogP contribution in [0.2, 0.25) is 0 Å². The molecule has 5 atom stereocenters. The molecule has 0 radical (unpaired) electrons. The molecule has 0 bridgehead atoms. The van der Waals surface area contributed by atoms with Crippen LogP contribution in [0.15, 0.2) is 18.2 Å². The smallest absolute Gasteiger partial charge is 0.328 e. The summed E-state index contributed by atoms with van der Waals surface area (Å²) in [6.07, 6.45) is -5.03. The molecule has 0 aromatic heterocycles. The summed E-state index contributed by atoms with van der Waals surface area (Å²) in [5, 5.41) is 47.8. The molecule has 2 rings (SSSR count). The number of aliphatic hydroxyl groups is 4. The fourth-order valence-electron chi connectivity index (χ4n) is 2.56. The van der Waals surface area contributed by atoms with Crippen molar-refractivity contribution in [2.75, 3.05) is 20.8 Å². The molecule has 1 heterocycles. The highest BCUT2D eigenvalue weighted by Crippen LogP contribution is 2.40. The van der Waals surface area contributed by atoms with Gasteiger partial charge in [-0.25, -0.2) is 4.79 Å². The van der Waals surface area contributed by atoms with Crippen molar-refractivity contribution in [1.82, 2.24) is 0 Å². The Bertz CT molecular complexity index is 661. The van der Waals surface area contributed by atoms with Crippen molar-refractivity contribution >= 4 is 12.0 Å². The minimum atomic E-state index is -1.61. The summed E-state index contributed by atoms with van der Waals surface area (Å²) in [5.41, 5.74) is 0.451. The Morgan fingerprint density at radius 3 is 2.19 bits per heavy atom. The summed E-state index contributed by atoms with van der Waals surface area (Å²) in [6, 6.07) is 2.95. The number of ether oxygens (including phenoxy) is 4. The highest BCUT2D eigenvalue weighted by atomic mass is 16.7. The Labute approximate surface area is 154 Å². The van der Waals surface area contributed by atoms with Gasteiger partial charge in [-0.3, -0.25) is 0 Å². The Morgan fingerprint density at radius 2 is 1.70 bits per heavy atom. The normalized spacial score (nSPS) is 28.1. The number of aliphatic carboxylic acids is 1. The van der Waals surface area contributed by atoms with Crippen molar-refractivity contribution in [2.45, 2.75) is 30.7 Å². The van der Waals surface area contributed by atoms with Gasteiger partial charge < -0.3 is 44.5 Å². The maximum Gasteiger partial charge on any atom is 0.328 e. The molecule has 150 valence electrons. The van der Waals surface area contributed by atoms with Crippen molar-refractivity contribution in [2.24, 2.45) is 0 Å². The second-order valence-corrected chi connectivity index (χ2v) is 5.74. The van der Waals surface area contributed by atoms with Crippen LogP contribution in [0, 0.1) is 0 Å². The first-order valence-corrected chi connectivity index (χ1v) is 7.96. The van der Waals surface area contributed by atoms with Crippen LogP contribution < -0.4 is 14.2 Å². The first-order valence-electron chi connectivity index (χ1n) is 7.96. The molecule has 0 saturated carbocycles. The number of carboxylic acid groups (broad SMARTS) is 1. The predicted molar refractivity (Wildman–Crippen MR) is 90.6 cm³/mol. The van der Waals surface area contributed by atoms with Crippen LogP contribution in [0.4, 0.5) is 0 Å². The van der Waals surface area contributed by atoms with Crippen LogP contribution in [0.3, 0.4) is 0 Å². The van der Waals surface area contributed by atoms with E-state index in [0.717, 1.165) is 6.08 Å². The number of hydrogen-bond donors (Lipinski definition) is 5. The Hall–Kier alpha value is -2.37. The van der Waals surface area contributed by atoms with Gasteiger partial charge in [0, 0.05) is 6.08 Å². The zero-order valence-corrected chi connectivity index (χ0v) is 14.7. The lowest BCUT2D eigenvalue weighted by Gasteiger charge is -2.39. The summed E-state index contributed by atoms with van der Waals surface area (Å²) in [5.74, 6) is -0.806. The molecule has 5 N–H and O–H groups in total. The molecule has 10 nitrogen and oxygen atoms in total. The number of aliphatic hydroxyl groups excluding tert-OH is 4. The quantitative estimate of drug-likeness (QED) is 0.368. The SMILES string of the molecule is COc1cc(C=CC(=O)O)cc(OC)c1O[C@H]1O[C@H](CO)[C@@H](O)[C@H](O)[C@@H]1O. The van der Waals surface area contributed by atoms with Gasteiger partial charge in [-0.1, -0.05) is 0 Å². The van der Waals surface area contributed by atoms with Crippen LogP contribution in [-0.4, -0.2) is 83.0 Å². The van der Waals surface area contributed by atoms with Crippen LogP contribution in [0.5, 0.6) is 17.2 Å². The third-order valence-electron chi connectivity index (χ3n) is 3.98. The molecule has 1 aliphatic rings. The van der Waals surface area contributed by atoms with Gasteiger partial charge in [-0.15, -0.1) is 0 Å². The molecule has 0 spiro atoms. The first kappa shape index (κ1) is 20.9. The monoisotopic (exact) mass is 386 g/mol. The van der Waals surface area contributed by atoms with Gasteiger partial charge in [0.25, 0.3) is 0 Å². The molecule has 1 aliphatic heterocycles. The predicted octanol–water partition coefficient (Wildman–Crippen LogP) is -1.02. The number of methoxy groups -OCH3 is 2. The first-order chi connectivity index (χ1) is 12.8. The maximum atomic E-state index is 10.7. The lowest BCUT2D eigenvalue weighted by Crippen LogP contribution is -2.60. The molecule has 1 fully saturated rings. The second-order valence-electron chi connectivity index (χ2n) is 5.74. The summed E-state index contributed by atoms with van der Waals surface area (Å²) in [6.45, 7) is -0.599. The number of carboxylic acids is 1. The van der Waals surface area contributed by atoms with E-state index < -0.39 is 43.3 Å². The van der Waals surface area contributed by atoms with Gasteiger partial charge in [0.2, 0.25) is 12.0 Å². The van der Waals surface area contributed by atoms with Crippen molar-refractivity contribution in [3.63, 3.8) is 0 Å². The molecule has 1 aromatic rings. The van der Waals surface area contributed by atoms with Crippen LogP contribution in [0.25, 0.3) is 6.08 Å². The minimum Gasteiger partial charge on any atom is -0.493 e. The standard InChI is InChI=1S/C17H22O10/c1-24-9-5-8(3-4-12(19)20)6-10(25-2)16(9)27-17-15(23)14(22)13(21)11(7-18)26-17/h3-6,11,13-15,17-18,21-23H,7H2,1-2H3,(H,19,20)/t11-,13-,14+,15+,17-/m1/s1. The maximum absolute atomic E-state index is 10.7. The van der Waals surface area contributed by atoms with E-state index in [1.54, 1.807) is 0 Å². The highest BCUT2D eigenvalue weighted by Gasteiger charge is 2.45.